The SMILES string of the molecule is COCC1(C(=O)O)CCN(C)C1. The number of ether oxygens (including phenoxy) is 1. The molecule has 0 spiro atoms. The molecule has 1 fully saturated rings. The smallest absolute Gasteiger partial charge is 0.313 e. The number of aliphatic carboxylic acids is 1. The van der Waals surface area contributed by atoms with Crippen molar-refractivity contribution in [2.75, 3.05) is 33.9 Å². The molecule has 70 valence electrons. The van der Waals surface area contributed by atoms with Crippen molar-refractivity contribution in [3.8, 4) is 0 Å². The van der Waals surface area contributed by atoms with Crippen LogP contribution in [0.2, 0.25) is 0 Å². The fourth-order valence-corrected chi connectivity index (χ4v) is 1.71. The molecule has 4 heteroatoms. The lowest BCUT2D eigenvalue weighted by Gasteiger charge is -2.22. The fraction of sp³-hybridized carbons (Fsp3) is 0.875. The first-order chi connectivity index (χ1) is 5.60. The lowest BCUT2D eigenvalue weighted by Crippen LogP contribution is -2.37. The summed E-state index contributed by atoms with van der Waals surface area (Å²) in [7, 11) is 3.48. The number of likely N-dealkylation sites (tertiary alicyclic amines) is 1. The zero-order valence-corrected chi connectivity index (χ0v) is 7.54. The van der Waals surface area contributed by atoms with Gasteiger partial charge in [-0.05, 0) is 20.0 Å². The quantitative estimate of drug-likeness (QED) is 0.654. The second kappa shape index (κ2) is 3.41. The van der Waals surface area contributed by atoms with E-state index >= 15 is 0 Å². The minimum atomic E-state index is -0.742. The van der Waals surface area contributed by atoms with E-state index in [-0.39, 0.29) is 0 Å². The zero-order valence-electron chi connectivity index (χ0n) is 7.54. The van der Waals surface area contributed by atoms with Crippen LogP contribution >= 0.6 is 0 Å². The van der Waals surface area contributed by atoms with Crippen molar-refractivity contribution in [3.05, 3.63) is 0 Å². The van der Waals surface area contributed by atoms with Crippen LogP contribution in [0.3, 0.4) is 0 Å². The van der Waals surface area contributed by atoms with Gasteiger partial charge in [-0.15, -0.1) is 0 Å². The molecule has 0 amide bonds. The molecular weight excluding hydrogens is 158 g/mol. The zero-order chi connectivity index (χ0) is 9.19. The summed E-state index contributed by atoms with van der Waals surface area (Å²) in [5.74, 6) is -0.742. The van der Waals surface area contributed by atoms with Gasteiger partial charge in [-0.2, -0.15) is 0 Å². The first-order valence-electron chi connectivity index (χ1n) is 4.01. The van der Waals surface area contributed by atoms with Crippen molar-refractivity contribution in [3.63, 3.8) is 0 Å². The second-order valence-electron chi connectivity index (χ2n) is 3.51. The minimum Gasteiger partial charge on any atom is -0.481 e. The summed E-state index contributed by atoms with van der Waals surface area (Å²) in [5.41, 5.74) is -0.663. The van der Waals surface area contributed by atoms with Gasteiger partial charge in [0, 0.05) is 13.7 Å². The van der Waals surface area contributed by atoms with E-state index in [4.69, 9.17) is 9.84 Å². The van der Waals surface area contributed by atoms with Gasteiger partial charge in [0.2, 0.25) is 0 Å². The maximum atomic E-state index is 11.0. The summed E-state index contributed by atoms with van der Waals surface area (Å²) >= 11 is 0. The average Bonchev–Trinajstić information content (AvgIpc) is 2.34. The van der Waals surface area contributed by atoms with Crippen molar-refractivity contribution >= 4 is 5.97 Å². The summed E-state index contributed by atoms with van der Waals surface area (Å²) in [6.07, 6.45) is 0.687. The summed E-state index contributed by atoms with van der Waals surface area (Å²) in [6.45, 7) is 1.75. The van der Waals surface area contributed by atoms with Gasteiger partial charge in [-0.3, -0.25) is 4.79 Å². The van der Waals surface area contributed by atoms with Crippen LogP contribution in [-0.4, -0.2) is 49.8 Å². The van der Waals surface area contributed by atoms with Gasteiger partial charge < -0.3 is 14.7 Å². The highest BCUT2D eigenvalue weighted by Gasteiger charge is 2.43. The third-order valence-electron chi connectivity index (χ3n) is 2.42. The van der Waals surface area contributed by atoms with Crippen molar-refractivity contribution in [2.45, 2.75) is 6.42 Å². The Morgan fingerprint density at radius 1 is 1.75 bits per heavy atom. The number of rotatable bonds is 3. The third kappa shape index (κ3) is 1.59. The topological polar surface area (TPSA) is 49.8 Å². The van der Waals surface area contributed by atoms with Gasteiger partial charge in [0.25, 0.3) is 0 Å². The molecule has 1 rings (SSSR count). The van der Waals surface area contributed by atoms with Crippen LogP contribution in [0.4, 0.5) is 0 Å². The number of nitrogens with zero attached hydrogens (tertiary/aromatic N) is 1. The summed E-state index contributed by atoms with van der Waals surface area (Å²) in [5, 5.41) is 9.01. The van der Waals surface area contributed by atoms with Crippen molar-refractivity contribution in [2.24, 2.45) is 5.41 Å². The highest BCUT2D eigenvalue weighted by molar-refractivity contribution is 5.75. The van der Waals surface area contributed by atoms with E-state index in [1.807, 2.05) is 11.9 Å². The molecule has 1 heterocycles. The molecule has 0 aromatic heterocycles. The Kier molecular flexibility index (Phi) is 2.69. The number of hydrogen-bond acceptors (Lipinski definition) is 3. The Bertz CT molecular complexity index is 179. The van der Waals surface area contributed by atoms with E-state index in [1.165, 1.54) is 0 Å². The number of hydrogen-bond donors (Lipinski definition) is 1. The molecule has 0 saturated carbocycles. The highest BCUT2D eigenvalue weighted by atomic mass is 16.5. The minimum absolute atomic E-state index is 0.312. The number of carbonyl (C=O) groups is 1. The van der Waals surface area contributed by atoms with Gasteiger partial charge in [0.15, 0.2) is 0 Å². The summed E-state index contributed by atoms with van der Waals surface area (Å²) < 4.78 is 4.93. The van der Waals surface area contributed by atoms with Crippen LogP contribution in [-0.2, 0) is 9.53 Å². The van der Waals surface area contributed by atoms with Gasteiger partial charge in [-0.1, -0.05) is 0 Å². The average molecular weight is 173 g/mol. The molecule has 0 aromatic carbocycles. The molecule has 0 bridgehead atoms. The van der Waals surface area contributed by atoms with E-state index in [2.05, 4.69) is 0 Å². The summed E-state index contributed by atoms with van der Waals surface area (Å²) in [4.78, 5) is 13.0. The first kappa shape index (κ1) is 9.48. The molecule has 1 N–H and O–H groups in total. The Hall–Kier alpha value is -0.610. The second-order valence-corrected chi connectivity index (χ2v) is 3.51. The maximum Gasteiger partial charge on any atom is 0.313 e. The Morgan fingerprint density at radius 2 is 2.42 bits per heavy atom. The van der Waals surface area contributed by atoms with Gasteiger partial charge in [-0.25, -0.2) is 0 Å². The predicted molar refractivity (Wildman–Crippen MR) is 44.1 cm³/mol. The van der Waals surface area contributed by atoms with Crippen LogP contribution in [0.5, 0.6) is 0 Å². The fourth-order valence-electron chi connectivity index (χ4n) is 1.71. The predicted octanol–water partition coefficient (Wildman–Crippen LogP) is 0.0393. The molecule has 4 nitrogen and oxygen atoms in total. The van der Waals surface area contributed by atoms with E-state index < -0.39 is 11.4 Å². The van der Waals surface area contributed by atoms with E-state index in [9.17, 15) is 4.79 Å². The maximum absolute atomic E-state index is 11.0. The Labute approximate surface area is 72.1 Å². The molecule has 0 aromatic rings. The summed E-state index contributed by atoms with van der Waals surface area (Å²) in [6, 6.07) is 0. The third-order valence-corrected chi connectivity index (χ3v) is 2.42. The van der Waals surface area contributed by atoms with Crippen molar-refractivity contribution < 1.29 is 14.6 Å². The molecule has 1 aliphatic rings. The van der Waals surface area contributed by atoms with Gasteiger partial charge >= 0.3 is 5.97 Å². The van der Waals surface area contributed by atoms with Crippen molar-refractivity contribution in [1.29, 1.82) is 0 Å². The standard InChI is InChI=1S/C8H15NO3/c1-9-4-3-8(5-9,6-12-2)7(10)11/h3-6H2,1-2H3,(H,10,11). The highest BCUT2D eigenvalue weighted by Crippen LogP contribution is 2.29. The molecule has 1 aliphatic heterocycles. The lowest BCUT2D eigenvalue weighted by molar-refractivity contribution is -0.151. The lowest BCUT2D eigenvalue weighted by atomic mass is 9.88. The first-order valence-corrected chi connectivity index (χ1v) is 4.01. The van der Waals surface area contributed by atoms with Crippen molar-refractivity contribution in [1.82, 2.24) is 4.90 Å². The van der Waals surface area contributed by atoms with Crippen LogP contribution in [0.15, 0.2) is 0 Å². The molecular formula is C8H15NO3. The van der Waals surface area contributed by atoms with E-state index in [1.54, 1.807) is 7.11 Å². The van der Waals surface area contributed by atoms with E-state index in [0.29, 0.717) is 19.6 Å². The van der Waals surface area contributed by atoms with Crippen LogP contribution in [0.25, 0.3) is 0 Å². The van der Waals surface area contributed by atoms with Gasteiger partial charge in [0.1, 0.15) is 5.41 Å². The number of carboxylic acids is 1. The Morgan fingerprint density at radius 3 is 2.75 bits per heavy atom. The van der Waals surface area contributed by atoms with Gasteiger partial charge in [0.05, 0.1) is 6.61 Å². The Balaban J connectivity index is 2.67. The van der Waals surface area contributed by atoms with Crippen LogP contribution in [0, 0.1) is 5.41 Å². The molecule has 0 aliphatic carbocycles. The molecule has 1 atom stereocenters. The normalized spacial score (nSPS) is 30.8. The molecule has 0 radical (unpaired) electrons. The van der Waals surface area contributed by atoms with Crippen LogP contribution in [0.1, 0.15) is 6.42 Å². The van der Waals surface area contributed by atoms with Crippen LogP contribution < -0.4 is 0 Å². The number of carboxylic acid groups (broad SMARTS) is 1. The molecule has 12 heavy (non-hydrogen) atoms. The monoisotopic (exact) mass is 173 g/mol. The van der Waals surface area contributed by atoms with E-state index in [0.717, 1.165) is 6.54 Å². The number of methoxy groups -OCH3 is 1. The largest absolute Gasteiger partial charge is 0.481 e. The molecule has 1 unspecified atom stereocenters. The molecule has 1 saturated heterocycles.